The maximum atomic E-state index is 15.4. The van der Waals surface area contributed by atoms with Crippen molar-refractivity contribution >= 4 is 21.8 Å². The molecule has 6 aromatic rings. The van der Waals surface area contributed by atoms with Gasteiger partial charge in [0.15, 0.2) is 0 Å². The van der Waals surface area contributed by atoms with Crippen LogP contribution in [0.3, 0.4) is 0 Å². The Kier molecular flexibility index (Phi) is 4.95. The van der Waals surface area contributed by atoms with E-state index in [1.165, 1.54) is 36.5 Å². The molecule has 0 aliphatic heterocycles. The van der Waals surface area contributed by atoms with Crippen LogP contribution in [0.15, 0.2) is 97.3 Å². The van der Waals surface area contributed by atoms with Gasteiger partial charge in [-0.25, -0.2) is 23.1 Å². The van der Waals surface area contributed by atoms with E-state index in [1.54, 1.807) is 59.3 Å². The molecule has 0 N–H and O–H groups in total. The average molecular weight is 467 g/mol. The highest BCUT2D eigenvalue weighted by Crippen LogP contribution is 2.37. The van der Waals surface area contributed by atoms with Crippen LogP contribution in [-0.4, -0.2) is 14.5 Å². The monoisotopic (exact) mass is 467 g/mol. The Morgan fingerprint density at radius 3 is 2.34 bits per heavy atom. The van der Waals surface area contributed by atoms with Gasteiger partial charge in [0.25, 0.3) is 0 Å². The third-order valence-electron chi connectivity index (χ3n) is 5.76. The van der Waals surface area contributed by atoms with Gasteiger partial charge < -0.3 is 4.74 Å². The summed E-state index contributed by atoms with van der Waals surface area (Å²) in [5, 5.41) is 0.997. The van der Waals surface area contributed by atoms with E-state index in [0.29, 0.717) is 50.4 Å². The molecule has 0 amide bonds. The predicted molar refractivity (Wildman–Crippen MR) is 128 cm³/mol. The number of hydrogen-bond donors (Lipinski definition) is 0. The maximum Gasteiger partial charge on any atom is 0.219 e. The molecule has 4 nitrogen and oxygen atoms in total. The molecule has 170 valence electrons. The average Bonchev–Trinajstić information content (AvgIpc) is 3.17. The van der Waals surface area contributed by atoms with Crippen molar-refractivity contribution in [2.75, 3.05) is 0 Å². The summed E-state index contributed by atoms with van der Waals surface area (Å²) in [7, 11) is 0. The molecule has 0 bridgehead atoms. The van der Waals surface area contributed by atoms with Gasteiger partial charge in [-0.3, -0.25) is 4.57 Å². The Labute approximate surface area is 197 Å². The summed E-state index contributed by atoms with van der Waals surface area (Å²) in [6.07, 6.45) is 2.98. The molecule has 0 fully saturated rings. The number of pyridine rings is 2. The molecule has 0 saturated heterocycles. The molecule has 0 saturated carbocycles. The molecule has 0 unspecified atom stereocenters. The second-order valence-corrected chi connectivity index (χ2v) is 7.98. The van der Waals surface area contributed by atoms with E-state index in [-0.39, 0.29) is 0 Å². The lowest BCUT2D eigenvalue weighted by molar-refractivity contribution is 0.463. The first-order valence-electron chi connectivity index (χ1n) is 10.8. The first-order valence-corrected chi connectivity index (χ1v) is 10.8. The number of rotatable bonds is 4. The summed E-state index contributed by atoms with van der Waals surface area (Å²) >= 11 is 0. The number of ether oxygens (including phenoxy) is 1. The minimum Gasteiger partial charge on any atom is -0.439 e. The normalized spacial score (nSPS) is 11.3. The van der Waals surface area contributed by atoms with E-state index >= 15 is 4.39 Å². The zero-order valence-electron chi connectivity index (χ0n) is 18.1. The molecule has 0 spiro atoms. The summed E-state index contributed by atoms with van der Waals surface area (Å²) in [5.74, 6) is -0.180. The molecule has 3 aromatic heterocycles. The SMILES string of the molecule is Fc1ccnc(-n2c3ccc(F)cc3c3cc(F)c(-c4cccc(Oc5ccccn5)c4)cc32)c1. The summed E-state index contributed by atoms with van der Waals surface area (Å²) in [6.45, 7) is 0. The number of benzene rings is 3. The van der Waals surface area contributed by atoms with Crippen LogP contribution in [0.2, 0.25) is 0 Å². The topological polar surface area (TPSA) is 39.9 Å². The lowest BCUT2D eigenvalue weighted by Gasteiger charge is -2.10. The zero-order valence-corrected chi connectivity index (χ0v) is 18.1. The van der Waals surface area contributed by atoms with Crippen molar-refractivity contribution in [2.45, 2.75) is 0 Å². The maximum absolute atomic E-state index is 15.4. The van der Waals surface area contributed by atoms with Crippen LogP contribution in [-0.2, 0) is 0 Å². The molecular weight excluding hydrogens is 451 g/mol. The quantitative estimate of drug-likeness (QED) is 0.270. The Morgan fingerprint density at radius 1 is 0.657 bits per heavy atom. The Morgan fingerprint density at radius 2 is 1.51 bits per heavy atom. The standard InChI is InChI=1S/C28H16F3N3O/c29-18-7-8-25-22(13-18)23-15-24(31)21(16-26(23)34(25)27-14-19(30)9-11-32-27)17-4-3-5-20(12-17)35-28-6-1-2-10-33-28/h1-16H. The molecule has 3 heterocycles. The van der Waals surface area contributed by atoms with Crippen LogP contribution < -0.4 is 4.74 Å². The van der Waals surface area contributed by atoms with Crippen LogP contribution in [0.5, 0.6) is 11.6 Å². The van der Waals surface area contributed by atoms with E-state index in [0.717, 1.165) is 0 Å². The zero-order chi connectivity index (χ0) is 23.9. The van der Waals surface area contributed by atoms with Gasteiger partial charge >= 0.3 is 0 Å². The largest absolute Gasteiger partial charge is 0.439 e. The third kappa shape index (κ3) is 3.77. The highest BCUT2D eigenvalue weighted by molar-refractivity contribution is 6.10. The van der Waals surface area contributed by atoms with Crippen molar-refractivity contribution in [1.29, 1.82) is 0 Å². The summed E-state index contributed by atoms with van der Waals surface area (Å²) in [6, 6.07) is 22.1. The van der Waals surface area contributed by atoms with Crippen molar-refractivity contribution in [1.82, 2.24) is 14.5 Å². The van der Waals surface area contributed by atoms with Crippen molar-refractivity contribution < 1.29 is 17.9 Å². The lowest BCUT2D eigenvalue weighted by atomic mass is 10.0. The molecule has 0 radical (unpaired) electrons. The van der Waals surface area contributed by atoms with Gasteiger partial charge in [0, 0.05) is 40.9 Å². The van der Waals surface area contributed by atoms with Crippen LogP contribution >= 0.6 is 0 Å². The number of hydrogen-bond acceptors (Lipinski definition) is 3. The van der Waals surface area contributed by atoms with Crippen molar-refractivity contribution in [3.8, 4) is 28.6 Å². The molecule has 35 heavy (non-hydrogen) atoms. The molecule has 0 aliphatic carbocycles. The molecule has 0 aliphatic rings. The van der Waals surface area contributed by atoms with Crippen molar-refractivity contribution in [3.63, 3.8) is 0 Å². The van der Waals surface area contributed by atoms with Gasteiger partial charge in [-0.2, -0.15) is 0 Å². The molecule has 3 aromatic carbocycles. The number of fused-ring (bicyclic) bond motifs is 3. The molecule has 7 heteroatoms. The third-order valence-corrected chi connectivity index (χ3v) is 5.76. The van der Waals surface area contributed by atoms with E-state index in [2.05, 4.69) is 9.97 Å². The Hall–Kier alpha value is -4.65. The van der Waals surface area contributed by atoms with Gasteiger partial charge in [0.1, 0.15) is 29.0 Å². The van der Waals surface area contributed by atoms with Gasteiger partial charge in [-0.15, -0.1) is 0 Å². The highest BCUT2D eigenvalue weighted by atomic mass is 19.1. The number of nitrogens with zero attached hydrogens (tertiary/aromatic N) is 3. The Balaban J connectivity index is 1.56. The molecular formula is C28H16F3N3O. The number of halogens is 3. The molecule has 0 atom stereocenters. The summed E-state index contributed by atoms with van der Waals surface area (Å²) in [4.78, 5) is 8.45. The second kappa shape index (κ2) is 8.29. The second-order valence-electron chi connectivity index (χ2n) is 7.98. The fourth-order valence-corrected chi connectivity index (χ4v) is 4.25. The van der Waals surface area contributed by atoms with E-state index in [9.17, 15) is 8.78 Å². The van der Waals surface area contributed by atoms with Gasteiger partial charge in [-0.1, -0.05) is 18.2 Å². The van der Waals surface area contributed by atoms with E-state index in [1.807, 2.05) is 6.07 Å². The lowest BCUT2D eigenvalue weighted by Crippen LogP contribution is -1.98. The van der Waals surface area contributed by atoms with Gasteiger partial charge in [0.05, 0.1) is 11.0 Å². The predicted octanol–water partition coefficient (Wildman–Crippen LogP) is 7.45. The van der Waals surface area contributed by atoms with Crippen LogP contribution in [0, 0.1) is 17.5 Å². The van der Waals surface area contributed by atoms with Crippen LogP contribution in [0.4, 0.5) is 13.2 Å². The van der Waals surface area contributed by atoms with Crippen LogP contribution in [0.1, 0.15) is 0 Å². The summed E-state index contributed by atoms with van der Waals surface area (Å²) in [5.41, 5.74) is 2.04. The first-order chi connectivity index (χ1) is 17.1. The van der Waals surface area contributed by atoms with Crippen LogP contribution in [0.25, 0.3) is 38.8 Å². The fraction of sp³-hybridized carbons (Fsp3) is 0. The van der Waals surface area contributed by atoms with Crippen molar-refractivity contribution in [2.24, 2.45) is 0 Å². The van der Waals surface area contributed by atoms with E-state index < -0.39 is 17.5 Å². The van der Waals surface area contributed by atoms with Gasteiger partial charge in [-0.05, 0) is 60.2 Å². The smallest absolute Gasteiger partial charge is 0.219 e. The van der Waals surface area contributed by atoms with Crippen molar-refractivity contribution in [3.05, 3.63) is 115 Å². The first kappa shape index (κ1) is 20.9. The molecule has 6 rings (SSSR count). The minimum atomic E-state index is -0.483. The number of aromatic nitrogens is 3. The summed E-state index contributed by atoms with van der Waals surface area (Å²) < 4.78 is 51.1. The van der Waals surface area contributed by atoms with Gasteiger partial charge in [0.2, 0.25) is 5.88 Å². The fourth-order valence-electron chi connectivity index (χ4n) is 4.25. The highest BCUT2D eigenvalue weighted by Gasteiger charge is 2.18. The Bertz CT molecular complexity index is 1710. The van der Waals surface area contributed by atoms with E-state index in [4.69, 9.17) is 4.74 Å². The minimum absolute atomic E-state index is 0.307.